The first-order chi connectivity index (χ1) is 17.0. The van der Waals surface area contributed by atoms with Gasteiger partial charge in [-0.3, -0.25) is 19.5 Å². The molecule has 1 saturated heterocycles. The first kappa shape index (κ1) is 22.5. The van der Waals surface area contributed by atoms with E-state index in [1.807, 2.05) is 13.0 Å². The van der Waals surface area contributed by atoms with Gasteiger partial charge in [-0.2, -0.15) is 0 Å². The molecule has 2 aromatic carbocycles. The number of methoxy groups -OCH3 is 1. The Balaban J connectivity index is 1.66. The number of anilines is 1. The zero-order valence-electron chi connectivity index (χ0n) is 19.0. The highest BCUT2D eigenvalue weighted by molar-refractivity contribution is 7.22. The zero-order valence-corrected chi connectivity index (χ0v) is 19.8. The molecule has 0 spiro atoms. The molecule has 8 nitrogen and oxygen atoms in total. The number of amides is 1. The van der Waals surface area contributed by atoms with Crippen LogP contribution in [0.1, 0.15) is 24.1 Å². The predicted molar refractivity (Wildman–Crippen MR) is 133 cm³/mol. The summed E-state index contributed by atoms with van der Waals surface area (Å²) in [5, 5.41) is 11.6. The number of hydrogen-bond donors (Lipinski definition) is 1. The SMILES string of the molecule is CCOc1ccc(/C(O)=C2\C(=O)C(=O)N(c3nc4ccc(OC)cc4s3)C2c2cccnc2)cc1. The molecule has 35 heavy (non-hydrogen) atoms. The average molecular weight is 488 g/mol. The molecule has 0 radical (unpaired) electrons. The average Bonchev–Trinajstić information content (AvgIpc) is 3.42. The van der Waals surface area contributed by atoms with Crippen LogP contribution in [-0.4, -0.2) is 40.5 Å². The van der Waals surface area contributed by atoms with Crippen molar-refractivity contribution in [1.29, 1.82) is 0 Å². The van der Waals surface area contributed by atoms with Crippen LogP contribution in [0, 0.1) is 0 Å². The van der Waals surface area contributed by atoms with Crippen molar-refractivity contribution in [3.05, 3.63) is 83.7 Å². The smallest absolute Gasteiger partial charge is 0.301 e. The van der Waals surface area contributed by atoms with Crippen molar-refractivity contribution < 1.29 is 24.2 Å². The number of hydrogen-bond acceptors (Lipinski definition) is 8. The number of carbonyl (C=O) groups is 2. The van der Waals surface area contributed by atoms with Crippen LogP contribution in [0.2, 0.25) is 0 Å². The number of benzene rings is 2. The summed E-state index contributed by atoms with van der Waals surface area (Å²) in [6.07, 6.45) is 3.18. The second-order valence-corrected chi connectivity index (χ2v) is 8.75. The van der Waals surface area contributed by atoms with E-state index in [1.54, 1.807) is 68.0 Å². The van der Waals surface area contributed by atoms with E-state index in [0.29, 0.717) is 39.9 Å². The van der Waals surface area contributed by atoms with Gasteiger partial charge in [-0.05, 0) is 61.0 Å². The van der Waals surface area contributed by atoms with Crippen molar-refractivity contribution in [3.63, 3.8) is 0 Å². The van der Waals surface area contributed by atoms with Gasteiger partial charge in [0.25, 0.3) is 5.78 Å². The third kappa shape index (κ3) is 4.00. The molecule has 1 aliphatic heterocycles. The van der Waals surface area contributed by atoms with Gasteiger partial charge in [-0.15, -0.1) is 0 Å². The number of ether oxygens (including phenoxy) is 2. The number of ketones is 1. The molecule has 1 fully saturated rings. The molecule has 4 aromatic rings. The van der Waals surface area contributed by atoms with E-state index in [-0.39, 0.29) is 11.3 Å². The van der Waals surface area contributed by atoms with Crippen LogP contribution in [0.5, 0.6) is 11.5 Å². The minimum absolute atomic E-state index is 0.0241. The lowest BCUT2D eigenvalue weighted by Gasteiger charge is -2.22. The first-order valence-electron chi connectivity index (χ1n) is 10.9. The number of thiazole rings is 1. The summed E-state index contributed by atoms with van der Waals surface area (Å²) in [7, 11) is 1.57. The van der Waals surface area contributed by atoms with Crippen molar-refractivity contribution in [2.45, 2.75) is 13.0 Å². The number of aliphatic hydroxyl groups is 1. The Morgan fingerprint density at radius 3 is 2.57 bits per heavy atom. The Kier molecular flexibility index (Phi) is 5.92. The summed E-state index contributed by atoms with van der Waals surface area (Å²) < 4.78 is 11.6. The highest BCUT2D eigenvalue weighted by Crippen LogP contribution is 2.44. The van der Waals surface area contributed by atoms with Crippen molar-refractivity contribution >= 4 is 44.1 Å². The Hall–Kier alpha value is -4.24. The van der Waals surface area contributed by atoms with Gasteiger partial charge in [0.15, 0.2) is 5.13 Å². The minimum Gasteiger partial charge on any atom is -0.507 e. The highest BCUT2D eigenvalue weighted by atomic mass is 32.1. The third-order valence-corrected chi connectivity index (χ3v) is 6.69. The van der Waals surface area contributed by atoms with Gasteiger partial charge in [-0.25, -0.2) is 4.98 Å². The van der Waals surface area contributed by atoms with Crippen LogP contribution >= 0.6 is 11.3 Å². The molecule has 1 N–H and O–H groups in total. The zero-order chi connectivity index (χ0) is 24.5. The quantitative estimate of drug-likeness (QED) is 0.238. The Morgan fingerprint density at radius 2 is 1.89 bits per heavy atom. The molecule has 176 valence electrons. The lowest BCUT2D eigenvalue weighted by molar-refractivity contribution is -0.132. The topological polar surface area (TPSA) is 102 Å². The van der Waals surface area contributed by atoms with Crippen LogP contribution in [0.4, 0.5) is 5.13 Å². The molecular formula is C26H21N3O5S. The van der Waals surface area contributed by atoms with Crippen molar-refractivity contribution in [2.75, 3.05) is 18.6 Å². The molecule has 2 aromatic heterocycles. The predicted octanol–water partition coefficient (Wildman–Crippen LogP) is 4.72. The monoisotopic (exact) mass is 487 g/mol. The Labute approximate surface area is 205 Å². The van der Waals surface area contributed by atoms with Gasteiger partial charge < -0.3 is 14.6 Å². The van der Waals surface area contributed by atoms with Gasteiger partial charge in [-0.1, -0.05) is 17.4 Å². The summed E-state index contributed by atoms with van der Waals surface area (Å²) in [6, 6.07) is 14.7. The van der Waals surface area contributed by atoms with E-state index >= 15 is 0 Å². The molecule has 1 unspecified atom stereocenters. The van der Waals surface area contributed by atoms with Gasteiger partial charge >= 0.3 is 5.91 Å². The van der Waals surface area contributed by atoms with E-state index in [0.717, 1.165) is 4.70 Å². The molecule has 0 bridgehead atoms. The highest BCUT2D eigenvalue weighted by Gasteiger charge is 2.48. The largest absolute Gasteiger partial charge is 0.507 e. The lowest BCUT2D eigenvalue weighted by atomic mass is 9.96. The molecule has 3 heterocycles. The fraction of sp³-hybridized carbons (Fsp3) is 0.154. The Morgan fingerprint density at radius 1 is 1.11 bits per heavy atom. The molecule has 9 heteroatoms. The number of pyridine rings is 1. The third-order valence-electron chi connectivity index (χ3n) is 5.67. The van der Waals surface area contributed by atoms with Gasteiger partial charge in [0.2, 0.25) is 0 Å². The second-order valence-electron chi connectivity index (χ2n) is 7.74. The summed E-state index contributed by atoms with van der Waals surface area (Å²) in [5.74, 6) is -0.530. The molecule has 1 atom stereocenters. The van der Waals surface area contributed by atoms with E-state index in [9.17, 15) is 14.7 Å². The van der Waals surface area contributed by atoms with E-state index in [4.69, 9.17) is 9.47 Å². The summed E-state index contributed by atoms with van der Waals surface area (Å²) >= 11 is 1.27. The van der Waals surface area contributed by atoms with E-state index in [1.165, 1.54) is 16.2 Å². The van der Waals surface area contributed by atoms with Crippen LogP contribution in [-0.2, 0) is 9.59 Å². The van der Waals surface area contributed by atoms with Crippen LogP contribution in [0.3, 0.4) is 0 Å². The van der Waals surface area contributed by atoms with E-state index < -0.39 is 17.7 Å². The molecule has 5 rings (SSSR count). The lowest BCUT2D eigenvalue weighted by Crippen LogP contribution is -2.29. The number of aliphatic hydroxyl groups excluding tert-OH is 1. The molecule has 1 aliphatic rings. The fourth-order valence-electron chi connectivity index (χ4n) is 4.04. The number of fused-ring (bicyclic) bond motifs is 1. The first-order valence-corrected chi connectivity index (χ1v) is 11.7. The number of nitrogens with zero attached hydrogens (tertiary/aromatic N) is 3. The maximum atomic E-state index is 13.3. The van der Waals surface area contributed by atoms with Crippen molar-refractivity contribution in [3.8, 4) is 11.5 Å². The van der Waals surface area contributed by atoms with Crippen molar-refractivity contribution in [1.82, 2.24) is 9.97 Å². The normalized spacial score (nSPS) is 17.2. The molecular weight excluding hydrogens is 466 g/mol. The van der Waals surface area contributed by atoms with E-state index in [2.05, 4.69) is 9.97 Å². The van der Waals surface area contributed by atoms with Gasteiger partial charge in [0, 0.05) is 18.0 Å². The van der Waals surface area contributed by atoms with Gasteiger partial charge in [0.1, 0.15) is 17.3 Å². The molecule has 0 aliphatic carbocycles. The van der Waals surface area contributed by atoms with Crippen molar-refractivity contribution in [2.24, 2.45) is 0 Å². The maximum absolute atomic E-state index is 13.3. The minimum atomic E-state index is -0.891. The number of Topliss-reactive ketones (excluding diaryl/α,β-unsaturated/α-hetero) is 1. The fourth-order valence-corrected chi connectivity index (χ4v) is 5.06. The van der Waals surface area contributed by atoms with Gasteiger partial charge in [0.05, 0.1) is 35.5 Å². The standard InChI is InChI=1S/C26H21N3O5S/c1-3-34-17-8-6-15(7-9-17)23(30)21-22(16-5-4-12-27-14-16)29(25(32)24(21)31)26-28-19-11-10-18(33-2)13-20(19)35-26/h4-14,22,30H,3H2,1-2H3/b23-21+. The molecule has 0 saturated carbocycles. The van der Waals surface area contributed by atoms with Crippen LogP contribution < -0.4 is 14.4 Å². The summed E-state index contributed by atoms with van der Waals surface area (Å²) in [6.45, 7) is 2.38. The second kappa shape index (κ2) is 9.19. The molecule has 1 amide bonds. The maximum Gasteiger partial charge on any atom is 0.301 e. The van der Waals surface area contributed by atoms with Crippen LogP contribution in [0.25, 0.3) is 16.0 Å². The Bertz CT molecular complexity index is 1450. The van der Waals surface area contributed by atoms with Crippen LogP contribution in [0.15, 0.2) is 72.6 Å². The number of aromatic nitrogens is 2. The number of carbonyl (C=O) groups excluding carboxylic acids is 2. The summed E-state index contributed by atoms with van der Waals surface area (Å²) in [4.78, 5) is 36.7. The number of rotatable bonds is 6. The summed E-state index contributed by atoms with van der Waals surface area (Å²) in [5.41, 5.74) is 1.62.